The van der Waals surface area contributed by atoms with Crippen LogP contribution in [-0.2, 0) is 0 Å². The van der Waals surface area contributed by atoms with E-state index in [1.165, 1.54) is 5.57 Å². The van der Waals surface area contributed by atoms with E-state index in [2.05, 4.69) is 48.9 Å². The van der Waals surface area contributed by atoms with Gasteiger partial charge in [-0.3, -0.25) is 0 Å². The van der Waals surface area contributed by atoms with Gasteiger partial charge in [0, 0.05) is 18.4 Å². The van der Waals surface area contributed by atoms with Gasteiger partial charge in [0.15, 0.2) is 0 Å². The molecule has 0 rings (SSSR count). The molecule has 0 fully saturated rings. The third-order valence-electron chi connectivity index (χ3n) is 2.53. The van der Waals surface area contributed by atoms with Gasteiger partial charge in [0.2, 0.25) is 0 Å². The Kier molecular flexibility index (Phi) is 10.2. The molecule has 0 bridgehead atoms. The van der Waals surface area contributed by atoms with Crippen LogP contribution in [-0.4, -0.2) is 17.3 Å². The molecular formula is C16H24ClN. The van der Waals surface area contributed by atoms with Crippen molar-refractivity contribution in [3.8, 4) is 0 Å². The topological polar surface area (TPSA) is 3.24 Å². The Morgan fingerprint density at radius 2 is 2.00 bits per heavy atom. The van der Waals surface area contributed by atoms with Gasteiger partial charge in [0.25, 0.3) is 0 Å². The molecule has 0 saturated heterocycles. The van der Waals surface area contributed by atoms with Crippen LogP contribution in [0.4, 0.5) is 0 Å². The Balaban J connectivity index is 4.92. The van der Waals surface area contributed by atoms with Gasteiger partial charge >= 0.3 is 0 Å². The number of hydrogen-bond donors (Lipinski definition) is 0. The number of halogens is 1. The maximum atomic E-state index is 5.97. The molecule has 0 heterocycles. The van der Waals surface area contributed by atoms with E-state index in [-0.39, 0.29) is 0 Å². The lowest BCUT2D eigenvalue weighted by Crippen LogP contribution is -2.20. The average molecular weight is 266 g/mol. The minimum Gasteiger partial charge on any atom is -0.347 e. The Labute approximate surface area is 117 Å². The first-order chi connectivity index (χ1) is 8.73. The quantitative estimate of drug-likeness (QED) is 0.439. The van der Waals surface area contributed by atoms with Gasteiger partial charge in [-0.05, 0) is 25.8 Å². The first-order valence-corrected chi connectivity index (χ1v) is 6.85. The van der Waals surface area contributed by atoms with Crippen molar-refractivity contribution in [2.24, 2.45) is 0 Å². The summed E-state index contributed by atoms with van der Waals surface area (Å²) in [5, 5.41) is 0. The van der Waals surface area contributed by atoms with Crippen molar-refractivity contribution in [1.82, 2.24) is 4.90 Å². The molecule has 0 N–H and O–H groups in total. The van der Waals surface area contributed by atoms with Crippen LogP contribution in [0.3, 0.4) is 0 Å². The molecule has 0 saturated carbocycles. The molecule has 0 radical (unpaired) electrons. The summed E-state index contributed by atoms with van der Waals surface area (Å²) >= 11 is 5.97. The van der Waals surface area contributed by atoms with Crippen molar-refractivity contribution in [1.29, 1.82) is 0 Å². The van der Waals surface area contributed by atoms with E-state index in [1.807, 2.05) is 19.9 Å². The van der Waals surface area contributed by atoms with Gasteiger partial charge in [0.1, 0.15) is 0 Å². The van der Waals surface area contributed by atoms with Gasteiger partial charge < -0.3 is 4.90 Å². The number of nitrogens with zero attached hydrogens (tertiary/aromatic N) is 1. The van der Waals surface area contributed by atoms with E-state index in [0.29, 0.717) is 5.88 Å². The minimum atomic E-state index is 0.521. The van der Waals surface area contributed by atoms with E-state index in [0.717, 1.165) is 18.7 Å². The summed E-state index contributed by atoms with van der Waals surface area (Å²) in [4.78, 5) is 2.18. The van der Waals surface area contributed by atoms with Crippen LogP contribution in [0, 0.1) is 0 Å². The van der Waals surface area contributed by atoms with Crippen LogP contribution < -0.4 is 0 Å². The molecule has 0 atom stereocenters. The van der Waals surface area contributed by atoms with Crippen molar-refractivity contribution >= 4 is 11.6 Å². The van der Waals surface area contributed by atoms with E-state index in [4.69, 9.17) is 11.6 Å². The molecule has 0 aliphatic heterocycles. The highest BCUT2D eigenvalue weighted by molar-refractivity contribution is 6.19. The fraction of sp³-hybridized carbons (Fsp3) is 0.375. The molecule has 0 aliphatic carbocycles. The molecule has 0 aromatic heterocycles. The summed E-state index contributed by atoms with van der Waals surface area (Å²) in [6, 6.07) is 0. The Hall–Kier alpha value is -1.21. The molecule has 2 heteroatoms. The highest BCUT2D eigenvalue weighted by atomic mass is 35.5. The van der Waals surface area contributed by atoms with Gasteiger partial charge in [-0.2, -0.15) is 0 Å². The first kappa shape index (κ1) is 16.8. The van der Waals surface area contributed by atoms with Crippen LogP contribution in [0.1, 0.15) is 27.2 Å². The minimum absolute atomic E-state index is 0.521. The number of allylic oxidation sites excluding steroid dienone is 6. The monoisotopic (exact) mass is 265 g/mol. The summed E-state index contributed by atoms with van der Waals surface area (Å²) in [5.74, 6) is 0.521. The lowest BCUT2D eigenvalue weighted by Gasteiger charge is -2.23. The predicted molar refractivity (Wildman–Crippen MR) is 83.7 cm³/mol. The van der Waals surface area contributed by atoms with E-state index in [9.17, 15) is 0 Å². The van der Waals surface area contributed by atoms with Crippen molar-refractivity contribution in [2.75, 3.05) is 12.4 Å². The Morgan fingerprint density at radius 3 is 2.44 bits per heavy atom. The summed E-state index contributed by atoms with van der Waals surface area (Å²) in [7, 11) is 0. The van der Waals surface area contributed by atoms with E-state index in [1.54, 1.807) is 6.08 Å². The van der Waals surface area contributed by atoms with E-state index < -0.39 is 0 Å². The second kappa shape index (κ2) is 10.9. The average Bonchev–Trinajstić information content (AvgIpc) is 2.41. The second-order valence-corrected chi connectivity index (χ2v) is 4.06. The molecule has 0 aliphatic rings. The van der Waals surface area contributed by atoms with E-state index >= 15 is 0 Å². The van der Waals surface area contributed by atoms with Crippen molar-refractivity contribution < 1.29 is 0 Å². The van der Waals surface area contributed by atoms with Crippen molar-refractivity contribution in [2.45, 2.75) is 27.2 Å². The third kappa shape index (κ3) is 6.51. The van der Waals surface area contributed by atoms with Crippen LogP contribution in [0.5, 0.6) is 0 Å². The van der Waals surface area contributed by atoms with Crippen LogP contribution >= 0.6 is 11.6 Å². The summed E-state index contributed by atoms with van der Waals surface area (Å²) < 4.78 is 0. The van der Waals surface area contributed by atoms with Crippen molar-refractivity contribution in [3.63, 3.8) is 0 Å². The normalized spacial score (nSPS) is 13.6. The molecule has 100 valence electrons. The van der Waals surface area contributed by atoms with Crippen LogP contribution in [0.2, 0.25) is 0 Å². The molecule has 18 heavy (non-hydrogen) atoms. The lowest BCUT2D eigenvalue weighted by atomic mass is 10.2. The molecule has 0 amide bonds. The molecule has 0 spiro atoms. The number of alkyl halides is 1. The second-order valence-electron chi connectivity index (χ2n) is 3.79. The zero-order chi connectivity index (χ0) is 13.8. The zero-order valence-electron chi connectivity index (χ0n) is 11.7. The fourth-order valence-corrected chi connectivity index (χ4v) is 1.74. The van der Waals surface area contributed by atoms with Crippen LogP contribution in [0.25, 0.3) is 0 Å². The largest absolute Gasteiger partial charge is 0.347 e. The zero-order valence-corrected chi connectivity index (χ0v) is 12.5. The molecule has 1 nitrogen and oxygen atoms in total. The van der Waals surface area contributed by atoms with Gasteiger partial charge in [-0.25, -0.2) is 0 Å². The van der Waals surface area contributed by atoms with Gasteiger partial charge in [-0.15, -0.1) is 11.6 Å². The lowest BCUT2D eigenvalue weighted by molar-refractivity contribution is 0.507. The predicted octanol–water partition coefficient (Wildman–Crippen LogP) is 5.04. The third-order valence-corrected chi connectivity index (χ3v) is 2.80. The maximum Gasteiger partial charge on any atom is 0.0623 e. The summed E-state index contributed by atoms with van der Waals surface area (Å²) in [6.45, 7) is 10.7. The standard InChI is InChI=1S/C16H24ClN/c1-5-9-11-15(7-3)14-18(12-10-6-2)16(8-4)13-17/h5,7-12H,1,6,13-14H2,2-4H3/b11-9-,12-10+,15-7+,16-8-. The molecule has 0 aromatic carbocycles. The smallest absolute Gasteiger partial charge is 0.0623 e. The highest BCUT2D eigenvalue weighted by Gasteiger charge is 2.05. The maximum absolute atomic E-state index is 5.97. The summed E-state index contributed by atoms with van der Waals surface area (Å²) in [6.07, 6.45) is 15.2. The summed E-state index contributed by atoms with van der Waals surface area (Å²) in [5.41, 5.74) is 2.35. The van der Waals surface area contributed by atoms with Gasteiger partial charge in [0.05, 0.1) is 5.88 Å². The Morgan fingerprint density at radius 1 is 1.28 bits per heavy atom. The molecule has 0 unspecified atom stereocenters. The number of hydrogen-bond acceptors (Lipinski definition) is 1. The van der Waals surface area contributed by atoms with Crippen molar-refractivity contribution in [3.05, 3.63) is 60.5 Å². The van der Waals surface area contributed by atoms with Gasteiger partial charge in [-0.1, -0.05) is 50.0 Å². The molecule has 0 aromatic rings. The SMILES string of the molecule is C=C/C=C\C(=C/C)CN(/C=C/CC)/C(=C\C)CCl. The van der Waals surface area contributed by atoms with Crippen LogP contribution in [0.15, 0.2) is 60.5 Å². The first-order valence-electron chi connectivity index (χ1n) is 6.32. The number of rotatable bonds is 8. The fourth-order valence-electron chi connectivity index (χ4n) is 1.43. The molecular weight excluding hydrogens is 242 g/mol. The Bertz CT molecular complexity index is 348. The highest BCUT2D eigenvalue weighted by Crippen LogP contribution is 2.12.